The van der Waals surface area contributed by atoms with Crippen molar-refractivity contribution in [3.63, 3.8) is 0 Å². The molecule has 0 saturated carbocycles. The Bertz CT molecular complexity index is 133. The Morgan fingerprint density at radius 1 is 1.54 bits per heavy atom. The van der Waals surface area contributed by atoms with Crippen LogP contribution >= 0.6 is 12.4 Å². The van der Waals surface area contributed by atoms with Gasteiger partial charge in [0, 0.05) is 0 Å². The molecule has 0 aliphatic carbocycles. The number of methoxy groups -OCH3 is 1. The van der Waals surface area contributed by atoms with E-state index in [1.54, 1.807) is 7.05 Å². The average Bonchev–Trinajstić information content (AvgIpc) is 2.11. The number of rotatable bonds is 6. The van der Waals surface area contributed by atoms with Crippen LogP contribution in [-0.4, -0.2) is 32.7 Å². The zero-order valence-electron chi connectivity index (χ0n) is 8.21. The molecule has 0 rings (SSSR count). The summed E-state index contributed by atoms with van der Waals surface area (Å²) in [6, 6.07) is -0.179. The Kier molecular flexibility index (Phi) is 11.4. The average molecular weight is 211 g/mol. The quantitative estimate of drug-likeness (QED) is 0.489. The monoisotopic (exact) mass is 210 g/mol. The van der Waals surface area contributed by atoms with Gasteiger partial charge in [0.15, 0.2) is 0 Å². The van der Waals surface area contributed by atoms with Crippen molar-refractivity contribution in [3.05, 3.63) is 0 Å². The zero-order valence-corrected chi connectivity index (χ0v) is 9.02. The van der Waals surface area contributed by atoms with Crippen molar-refractivity contribution < 1.29 is 9.53 Å². The molecule has 0 saturated heterocycles. The second kappa shape index (κ2) is 9.77. The molecule has 0 aliphatic heterocycles. The summed E-state index contributed by atoms with van der Waals surface area (Å²) in [6.45, 7) is 0.678. The van der Waals surface area contributed by atoms with E-state index in [2.05, 4.69) is 10.1 Å². The number of hydrogen-bond acceptors (Lipinski definition) is 4. The van der Waals surface area contributed by atoms with E-state index in [1.807, 2.05) is 0 Å². The first-order valence-electron chi connectivity index (χ1n) is 4.21. The number of nitrogens with two attached hydrogens (primary N) is 1. The van der Waals surface area contributed by atoms with Crippen LogP contribution in [-0.2, 0) is 9.53 Å². The van der Waals surface area contributed by atoms with Crippen LogP contribution in [0.4, 0.5) is 0 Å². The number of ether oxygens (including phenoxy) is 1. The predicted molar refractivity (Wildman–Crippen MR) is 55.0 cm³/mol. The van der Waals surface area contributed by atoms with Crippen LogP contribution in [0.5, 0.6) is 0 Å². The molecule has 0 fully saturated rings. The topological polar surface area (TPSA) is 64.3 Å². The molecule has 1 atom stereocenters. The van der Waals surface area contributed by atoms with Gasteiger partial charge in [0.2, 0.25) is 0 Å². The lowest BCUT2D eigenvalue weighted by Gasteiger charge is -2.12. The van der Waals surface area contributed by atoms with Gasteiger partial charge in [-0.2, -0.15) is 0 Å². The number of unbranched alkanes of at least 4 members (excludes halogenated alkanes) is 1. The van der Waals surface area contributed by atoms with Gasteiger partial charge in [-0.25, -0.2) is 0 Å². The molecule has 0 aliphatic rings. The first kappa shape index (κ1) is 15.2. The smallest absolute Gasteiger partial charge is 0.322 e. The summed E-state index contributed by atoms with van der Waals surface area (Å²) >= 11 is 0. The van der Waals surface area contributed by atoms with Crippen LogP contribution in [0, 0.1) is 0 Å². The molecule has 13 heavy (non-hydrogen) atoms. The third-order valence-corrected chi connectivity index (χ3v) is 1.78. The summed E-state index contributed by atoms with van der Waals surface area (Å²) in [4.78, 5) is 11.0. The summed E-state index contributed by atoms with van der Waals surface area (Å²) in [5.74, 6) is -0.200. The van der Waals surface area contributed by atoms with Crippen molar-refractivity contribution in [1.82, 2.24) is 5.32 Å². The van der Waals surface area contributed by atoms with Crippen molar-refractivity contribution in [2.45, 2.75) is 25.3 Å². The van der Waals surface area contributed by atoms with Gasteiger partial charge in [0.05, 0.1) is 7.11 Å². The number of carbonyl (C=O) groups excluding carboxylic acids is 1. The van der Waals surface area contributed by atoms with Crippen molar-refractivity contribution in [3.8, 4) is 0 Å². The largest absolute Gasteiger partial charge is 0.468 e. The summed E-state index contributed by atoms with van der Waals surface area (Å²) in [7, 11) is 3.15. The maximum atomic E-state index is 11.0. The molecule has 0 aromatic carbocycles. The summed E-state index contributed by atoms with van der Waals surface area (Å²) in [5, 5.41) is 2.90. The molecule has 0 aromatic heterocycles. The number of likely N-dealkylation sites (N-methyl/N-ethyl adjacent to an activating group) is 1. The fraction of sp³-hybridized carbons (Fsp3) is 0.875. The second-order valence-corrected chi connectivity index (χ2v) is 2.65. The molecule has 0 aromatic rings. The molecule has 0 heterocycles. The van der Waals surface area contributed by atoms with Gasteiger partial charge in [0.25, 0.3) is 0 Å². The molecule has 4 nitrogen and oxygen atoms in total. The minimum Gasteiger partial charge on any atom is -0.468 e. The number of hydrogen-bond donors (Lipinski definition) is 2. The second-order valence-electron chi connectivity index (χ2n) is 2.65. The van der Waals surface area contributed by atoms with E-state index >= 15 is 0 Å². The Balaban J connectivity index is 0. The fourth-order valence-corrected chi connectivity index (χ4v) is 1.02. The lowest BCUT2D eigenvalue weighted by molar-refractivity contribution is -0.143. The molecule has 0 radical (unpaired) electrons. The molecule has 0 unspecified atom stereocenters. The van der Waals surface area contributed by atoms with Crippen LogP contribution in [0.15, 0.2) is 0 Å². The Morgan fingerprint density at radius 3 is 2.54 bits per heavy atom. The van der Waals surface area contributed by atoms with Gasteiger partial charge in [-0.3, -0.25) is 4.79 Å². The number of nitrogens with one attached hydrogen (secondary N) is 1. The molecule has 5 heteroatoms. The third kappa shape index (κ3) is 6.81. The number of carbonyl (C=O) groups is 1. The third-order valence-electron chi connectivity index (χ3n) is 1.78. The van der Waals surface area contributed by atoms with Crippen molar-refractivity contribution in [1.29, 1.82) is 0 Å². The minimum atomic E-state index is -0.200. The van der Waals surface area contributed by atoms with Gasteiger partial charge in [-0.15, -0.1) is 12.4 Å². The van der Waals surface area contributed by atoms with E-state index in [9.17, 15) is 4.79 Å². The standard InChI is InChI=1S/C8H18N2O2.ClH/c1-10-7(8(11)12-2)5-3-4-6-9;/h7,10H,3-6,9H2,1-2H3;1H/t7-;/m1./s1. The predicted octanol–water partition coefficient (Wildman–Crippen LogP) is 0.298. The highest BCUT2D eigenvalue weighted by atomic mass is 35.5. The Hall–Kier alpha value is -0.320. The van der Waals surface area contributed by atoms with Crippen LogP contribution < -0.4 is 11.1 Å². The maximum absolute atomic E-state index is 11.0. The first-order valence-corrected chi connectivity index (χ1v) is 4.21. The van der Waals surface area contributed by atoms with E-state index in [4.69, 9.17) is 5.73 Å². The molecule has 0 bridgehead atoms. The molecule has 0 amide bonds. The molecule has 80 valence electrons. The maximum Gasteiger partial charge on any atom is 0.322 e. The normalized spacial score (nSPS) is 11.6. The van der Waals surface area contributed by atoms with E-state index in [0.29, 0.717) is 6.54 Å². The Labute approximate surface area is 85.6 Å². The zero-order chi connectivity index (χ0) is 9.40. The van der Waals surface area contributed by atoms with Crippen molar-refractivity contribution in [2.75, 3.05) is 20.7 Å². The molecular weight excluding hydrogens is 192 g/mol. The van der Waals surface area contributed by atoms with E-state index in [1.165, 1.54) is 7.11 Å². The number of esters is 1. The van der Waals surface area contributed by atoms with E-state index in [-0.39, 0.29) is 24.4 Å². The van der Waals surface area contributed by atoms with Crippen LogP contribution in [0.3, 0.4) is 0 Å². The van der Waals surface area contributed by atoms with E-state index < -0.39 is 0 Å². The van der Waals surface area contributed by atoms with Crippen LogP contribution in [0.2, 0.25) is 0 Å². The highest BCUT2D eigenvalue weighted by Crippen LogP contribution is 2.00. The van der Waals surface area contributed by atoms with Gasteiger partial charge in [-0.05, 0) is 26.4 Å². The van der Waals surface area contributed by atoms with Crippen molar-refractivity contribution >= 4 is 18.4 Å². The van der Waals surface area contributed by atoms with Gasteiger partial charge in [0.1, 0.15) is 6.04 Å². The molecular formula is C8H19ClN2O2. The summed E-state index contributed by atoms with van der Waals surface area (Å²) < 4.78 is 4.60. The van der Waals surface area contributed by atoms with Crippen molar-refractivity contribution in [2.24, 2.45) is 5.73 Å². The minimum absolute atomic E-state index is 0. The van der Waals surface area contributed by atoms with Gasteiger partial charge < -0.3 is 15.8 Å². The van der Waals surface area contributed by atoms with Crippen LogP contribution in [0.25, 0.3) is 0 Å². The first-order chi connectivity index (χ1) is 5.76. The van der Waals surface area contributed by atoms with Gasteiger partial charge >= 0.3 is 5.97 Å². The highest BCUT2D eigenvalue weighted by Gasteiger charge is 2.15. The highest BCUT2D eigenvalue weighted by molar-refractivity contribution is 5.85. The lowest BCUT2D eigenvalue weighted by atomic mass is 10.1. The van der Waals surface area contributed by atoms with E-state index in [0.717, 1.165) is 19.3 Å². The SMILES string of the molecule is CN[C@H](CCCCN)C(=O)OC.Cl. The van der Waals surface area contributed by atoms with Gasteiger partial charge in [-0.1, -0.05) is 6.42 Å². The lowest BCUT2D eigenvalue weighted by Crippen LogP contribution is -2.34. The molecule has 3 N–H and O–H groups in total. The summed E-state index contributed by atoms with van der Waals surface area (Å²) in [5.41, 5.74) is 5.33. The van der Waals surface area contributed by atoms with Crippen LogP contribution in [0.1, 0.15) is 19.3 Å². The number of halogens is 1. The fourth-order valence-electron chi connectivity index (χ4n) is 1.02. The molecule has 0 spiro atoms. The Morgan fingerprint density at radius 2 is 2.15 bits per heavy atom. The summed E-state index contributed by atoms with van der Waals surface area (Å²) in [6.07, 6.45) is 2.70.